The van der Waals surface area contributed by atoms with E-state index in [0.29, 0.717) is 21.6 Å². The number of fused-ring (bicyclic) bond motifs is 1. The minimum absolute atomic E-state index is 0.0326. The Morgan fingerprint density at radius 3 is 2.96 bits per heavy atom. The highest BCUT2D eigenvalue weighted by molar-refractivity contribution is 7.10. The SMILES string of the molecule is Cc1cc2oc(=O)cc(COC(=O)/C=C/c3cccs3)c2cc1Cl. The van der Waals surface area contributed by atoms with Crippen molar-refractivity contribution in [3.8, 4) is 0 Å². The molecule has 0 spiro atoms. The summed E-state index contributed by atoms with van der Waals surface area (Å²) < 4.78 is 10.4. The molecule has 0 fully saturated rings. The van der Waals surface area contributed by atoms with Gasteiger partial charge in [-0.1, -0.05) is 17.7 Å². The third kappa shape index (κ3) is 3.75. The second-order valence-electron chi connectivity index (χ2n) is 5.14. The molecule has 0 bridgehead atoms. The van der Waals surface area contributed by atoms with Gasteiger partial charge in [-0.2, -0.15) is 0 Å². The summed E-state index contributed by atoms with van der Waals surface area (Å²) in [6.45, 7) is 1.79. The lowest BCUT2D eigenvalue weighted by atomic mass is 10.1. The zero-order valence-electron chi connectivity index (χ0n) is 12.7. The largest absolute Gasteiger partial charge is 0.458 e. The molecule has 0 N–H and O–H groups in total. The molecular weight excluding hydrogens is 348 g/mol. The first kappa shape index (κ1) is 16.5. The Balaban J connectivity index is 1.81. The Hall–Kier alpha value is -2.37. The van der Waals surface area contributed by atoms with Crippen molar-refractivity contribution in [3.63, 3.8) is 0 Å². The van der Waals surface area contributed by atoms with Gasteiger partial charge in [-0.05, 0) is 42.1 Å². The predicted molar refractivity (Wildman–Crippen MR) is 95.4 cm³/mol. The molecule has 1 aromatic carbocycles. The minimum Gasteiger partial charge on any atom is -0.458 e. The van der Waals surface area contributed by atoms with E-state index in [9.17, 15) is 9.59 Å². The van der Waals surface area contributed by atoms with Crippen LogP contribution in [0.5, 0.6) is 0 Å². The number of hydrogen-bond donors (Lipinski definition) is 0. The molecule has 2 heterocycles. The van der Waals surface area contributed by atoms with Gasteiger partial charge in [0.1, 0.15) is 12.2 Å². The Morgan fingerprint density at radius 2 is 2.21 bits per heavy atom. The van der Waals surface area contributed by atoms with Crippen molar-refractivity contribution < 1.29 is 13.9 Å². The van der Waals surface area contributed by atoms with Crippen molar-refractivity contribution in [2.75, 3.05) is 0 Å². The molecular formula is C18H13ClO4S. The summed E-state index contributed by atoms with van der Waals surface area (Å²) in [6, 6.07) is 8.51. The van der Waals surface area contributed by atoms with Gasteiger partial charge in [0.05, 0.1) is 0 Å². The lowest BCUT2D eigenvalue weighted by molar-refractivity contribution is -0.138. The Kier molecular flexibility index (Phi) is 4.83. The number of aryl methyl sites for hydroxylation is 1. The summed E-state index contributed by atoms with van der Waals surface area (Å²) in [7, 11) is 0. The molecule has 0 amide bonds. The maximum atomic E-state index is 11.8. The number of benzene rings is 1. The molecule has 122 valence electrons. The maximum Gasteiger partial charge on any atom is 0.336 e. The number of carbonyl (C=O) groups excluding carboxylic acids is 1. The summed E-state index contributed by atoms with van der Waals surface area (Å²) >= 11 is 7.65. The Bertz CT molecular complexity index is 971. The third-order valence-corrected chi connectivity index (χ3v) is 4.65. The molecule has 0 unspecified atom stereocenters. The van der Waals surface area contributed by atoms with E-state index in [1.54, 1.807) is 18.2 Å². The second-order valence-corrected chi connectivity index (χ2v) is 6.53. The van der Waals surface area contributed by atoms with E-state index in [-0.39, 0.29) is 6.61 Å². The van der Waals surface area contributed by atoms with E-state index >= 15 is 0 Å². The number of halogens is 1. The molecule has 24 heavy (non-hydrogen) atoms. The molecule has 0 saturated carbocycles. The van der Waals surface area contributed by atoms with E-state index in [2.05, 4.69) is 0 Å². The fourth-order valence-corrected chi connectivity index (χ4v) is 2.98. The molecule has 4 nitrogen and oxygen atoms in total. The lowest BCUT2D eigenvalue weighted by Gasteiger charge is -2.07. The second kappa shape index (κ2) is 7.03. The van der Waals surface area contributed by atoms with Gasteiger partial charge in [0.2, 0.25) is 0 Å². The van der Waals surface area contributed by atoms with Crippen LogP contribution in [0.15, 0.2) is 51.0 Å². The highest BCUT2D eigenvalue weighted by Crippen LogP contribution is 2.25. The van der Waals surface area contributed by atoms with Crippen LogP contribution in [0.25, 0.3) is 17.0 Å². The number of carbonyl (C=O) groups is 1. The highest BCUT2D eigenvalue weighted by atomic mass is 35.5. The van der Waals surface area contributed by atoms with Crippen LogP contribution in [0.4, 0.5) is 0 Å². The number of esters is 1. The molecule has 0 aliphatic rings. The smallest absolute Gasteiger partial charge is 0.336 e. The van der Waals surface area contributed by atoms with E-state index in [4.69, 9.17) is 20.8 Å². The number of ether oxygens (including phenoxy) is 1. The average Bonchev–Trinajstić information content (AvgIpc) is 3.06. The highest BCUT2D eigenvalue weighted by Gasteiger charge is 2.10. The molecule has 3 rings (SSSR count). The summed E-state index contributed by atoms with van der Waals surface area (Å²) in [5.41, 5.74) is 1.29. The average molecular weight is 361 g/mol. The van der Waals surface area contributed by atoms with E-state index in [1.807, 2.05) is 24.4 Å². The fourth-order valence-electron chi connectivity index (χ4n) is 2.20. The molecule has 2 aromatic heterocycles. The Morgan fingerprint density at radius 1 is 1.38 bits per heavy atom. The summed E-state index contributed by atoms with van der Waals surface area (Å²) in [4.78, 5) is 24.5. The zero-order valence-corrected chi connectivity index (χ0v) is 14.3. The monoisotopic (exact) mass is 360 g/mol. The van der Waals surface area contributed by atoms with Crippen molar-refractivity contribution >= 4 is 46.0 Å². The van der Waals surface area contributed by atoms with Crippen molar-refractivity contribution in [2.24, 2.45) is 0 Å². The van der Waals surface area contributed by atoms with E-state index < -0.39 is 11.6 Å². The standard InChI is InChI=1S/C18H13ClO4S/c1-11-7-16-14(9-15(11)19)12(8-18(21)23-16)10-22-17(20)5-4-13-3-2-6-24-13/h2-9H,10H2,1H3/b5-4+. The van der Waals surface area contributed by atoms with Crippen molar-refractivity contribution in [1.82, 2.24) is 0 Å². The van der Waals surface area contributed by atoms with Crippen molar-refractivity contribution in [3.05, 3.63) is 73.2 Å². The topological polar surface area (TPSA) is 56.5 Å². The van der Waals surface area contributed by atoms with Crippen molar-refractivity contribution in [2.45, 2.75) is 13.5 Å². The van der Waals surface area contributed by atoms with Gasteiger partial charge in [0.25, 0.3) is 0 Å². The van der Waals surface area contributed by atoms with Crippen LogP contribution < -0.4 is 5.63 Å². The van der Waals surface area contributed by atoms with Crippen LogP contribution in [0.1, 0.15) is 16.0 Å². The minimum atomic E-state index is -0.496. The molecule has 0 atom stereocenters. The van der Waals surface area contributed by atoms with E-state index in [0.717, 1.165) is 10.4 Å². The molecule has 0 radical (unpaired) electrons. The van der Waals surface area contributed by atoms with Gasteiger partial charge in [0.15, 0.2) is 0 Å². The molecule has 6 heteroatoms. The van der Waals surface area contributed by atoms with Gasteiger partial charge in [-0.3, -0.25) is 0 Å². The first-order valence-corrected chi connectivity index (χ1v) is 8.40. The maximum absolute atomic E-state index is 11.8. The summed E-state index contributed by atoms with van der Waals surface area (Å²) in [5.74, 6) is -0.483. The predicted octanol–water partition coefficient (Wildman–Crippen LogP) is 4.57. The lowest BCUT2D eigenvalue weighted by Crippen LogP contribution is -2.05. The number of thiophene rings is 1. The molecule has 0 aliphatic carbocycles. The molecule has 0 saturated heterocycles. The first-order chi connectivity index (χ1) is 11.5. The quantitative estimate of drug-likeness (QED) is 0.388. The van der Waals surface area contributed by atoms with Crippen LogP contribution in [0.2, 0.25) is 5.02 Å². The van der Waals surface area contributed by atoms with Gasteiger partial charge in [-0.25, -0.2) is 9.59 Å². The van der Waals surface area contributed by atoms with Crippen LogP contribution >= 0.6 is 22.9 Å². The van der Waals surface area contributed by atoms with Crippen LogP contribution in [-0.4, -0.2) is 5.97 Å². The van der Waals surface area contributed by atoms with Crippen LogP contribution in [-0.2, 0) is 16.1 Å². The van der Waals surface area contributed by atoms with Gasteiger partial charge in [-0.15, -0.1) is 11.3 Å². The van der Waals surface area contributed by atoms with Gasteiger partial charge >= 0.3 is 11.6 Å². The summed E-state index contributed by atoms with van der Waals surface area (Å²) in [6.07, 6.45) is 3.04. The molecule has 3 aromatic rings. The number of rotatable bonds is 4. The van der Waals surface area contributed by atoms with Crippen LogP contribution in [0.3, 0.4) is 0 Å². The number of hydrogen-bond acceptors (Lipinski definition) is 5. The summed E-state index contributed by atoms with van der Waals surface area (Å²) in [5, 5.41) is 3.13. The zero-order chi connectivity index (χ0) is 17.1. The van der Waals surface area contributed by atoms with Crippen molar-refractivity contribution in [1.29, 1.82) is 0 Å². The fraction of sp³-hybridized carbons (Fsp3) is 0.111. The van der Waals surface area contributed by atoms with E-state index in [1.165, 1.54) is 23.5 Å². The normalized spacial score (nSPS) is 11.2. The molecule has 0 aliphatic heterocycles. The first-order valence-electron chi connectivity index (χ1n) is 7.14. The third-order valence-electron chi connectivity index (χ3n) is 3.41. The Labute approximate surface area is 146 Å². The van der Waals surface area contributed by atoms with Gasteiger partial charge < -0.3 is 9.15 Å². The van der Waals surface area contributed by atoms with Gasteiger partial charge in [0, 0.05) is 33.0 Å². The van der Waals surface area contributed by atoms with Crippen LogP contribution in [0, 0.1) is 6.92 Å².